The smallest absolute Gasteiger partial charge is 0.410 e. The largest absolute Gasteiger partial charge is 0.491 e. The lowest BCUT2D eigenvalue weighted by Gasteiger charge is -2.24. The minimum absolute atomic E-state index is 0.0661. The second kappa shape index (κ2) is 8.56. The second-order valence-corrected chi connectivity index (χ2v) is 6.14. The summed E-state index contributed by atoms with van der Waals surface area (Å²) in [4.78, 5) is 25.2. The lowest BCUT2D eigenvalue weighted by atomic mass is 10.1. The first-order valence-electron chi connectivity index (χ1n) is 8.88. The molecule has 1 fully saturated rings. The molecule has 0 aromatic heterocycles. The van der Waals surface area contributed by atoms with Gasteiger partial charge in [0.2, 0.25) is 0 Å². The van der Waals surface area contributed by atoms with Gasteiger partial charge in [0.1, 0.15) is 12.4 Å². The molecule has 2 aromatic rings. The van der Waals surface area contributed by atoms with Crippen LogP contribution in [0.15, 0.2) is 42.5 Å². The molecule has 1 aliphatic rings. The summed E-state index contributed by atoms with van der Waals surface area (Å²) in [6.07, 6.45) is 1.24. The number of nitrogens with zero attached hydrogens (tertiary/aromatic N) is 1. The Kier molecular flexibility index (Phi) is 5.94. The summed E-state index contributed by atoms with van der Waals surface area (Å²) in [6.45, 7) is 2.61. The molecule has 0 bridgehead atoms. The van der Waals surface area contributed by atoms with Gasteiger partial charge in [-0.1, -0.05) is 36.4 Å². The Hall–Kier alpha value is -2.76. The van der Waals surface area contributed by atoms with Gasteiger partial charge in [0.25, 0.3) is 0 Å². The summed E-state index contributed by atoms with van der Waals surface area (Å²) in [7, 11) is 0. The number of esters is 1. The van der Waals surface area contributed by atoms with Crippen molar-refractivity contribution in [2.75, 3.05) is 26.4 Å². The third kappa shape index (κ3) is 4.25. The van der Waals surface area contributed by atoms with Crippen LogP contribution in [0.2, 0.25) is 0 Å². The van der Waals surface area contributed by atoms with Crippen molar-refractivity contribution in [3.05, 3.63) is 42.5 Å². The molecule has 1 atom stereocenters. The molecular formula is C20H23NO5. The number of benzene rings is 2. The number of hydrogen-bond acceptors (Lipinski definition) is 5. The fraction of sp³-hybridized carbons (Fsp3) is 0.400. The SMILES string of the molecule is CCOC(=O)COC(=O)N1CCCC1COc1cccc2ccccc12. The number of rotatable bonds is 6. The van der Waals surface area contributed by atoms with Crippen LogP contribution in [0.5, 0.6) is 5.75 Å². The van der Waals surface area contributed by atoms with Crippen LogP contribution >= 0.6 is 0 Å². The number of carbonyl (C=O) groups excluding carboxylic acids is 2. The van der Waals surface area contributed by atoms with Crippen molar-refractivity contribution in [2.24, 2.45) is 0 Å². The molecule has 0 aliphatic carbocycles. The van der Waals surface area contributed by atoms with E-state index in [2.05, 4.69) is 0 Å². The topological polar surface area (TPSA) is 65.1 Å². The van der Waals surface area contributed by atoms with Gasteiger partial charge in [-0.25, -0.2) is 9.59 Å². The number of ether oxygens (including phenoxy) is 3. The molecule has 0 spiro atoms. The normalized spacial score (nSPS) is 16.5. The van der Waals surface area contributed by atoms with Crippen LogP contribution in [0.1, 0.15) is 19.8 Å². The Balaban J connectivity index is 1.58. The van der Waals surface area contributed by atoms with Crippen LogP contribution in [0.4, 0.5) is 4.79 Å². The predicted octanol–water partition coefficient (Wildman–Crippen LogP) is 3.38. The number of likely N-dealkylation sites (tertiary alicyclic amines) is 1. The molecule has 0 radical (unpaired) electrons. The average molecular weight is 357 g/mol. The molecule has 3 rings (SSSR count). The van der Waals surface area contributed by atoms with Crippen molar-refractivity contribution >= 4 is 22.8 Å². The van der Waals surface area contributed by atoms with Gasteiger partial charge >= 0.3 is 12.1 Å². The Morgan fingerprint density at radius 3 is 2.77 bits per heavy atom. The van der Waals surface area contributed by atoms with E-state index in [1.807, 2.05) is 42.5 Å². The highest BCUT2D eigenvalue weighted by Gasteiger charge is 2.31. The fourth-order valence-electron chi connectivity index (χ4n) is 3.16. The van der Waals surface area contributed by atoms with Gasteiger partial charge in [-0.15, -0.1) is 0 Å². The zero-order valence-electron chi connectivity index (χ0n) is 14.8. The molecule has 6 heteroatoms. The molecule has 2 aromatic carbocycles. The summed E-state index contributed by atoms with van der Waals surface area (Å²) < 4.78 is 15.8. The standard InChI is InChI=1S/C20H23NO5/c1-2-24-19(22)14-26-20(23)21-12-6-9-16(21)13-25-18-11-5-8-15-7-3-4-10-17(15)18/h3-5,7-8,10-11,16H,2,6,9,12-14H2,1H3. The Morgan fingerprint density at radius 2 is 1.92 bits per heavy atom. The van der Waals surface area contributed by atoms with Gasteiger partial charge in [0, 0.05) is 11.9 Å². The van der Waals surface area contributed by atoms with Gasteiger partial charge in [0.05, 0.1) is 12.6 Å². The van der Waals surface area contributed by atoms with E-state index in [1.54, 1.807) is 11.8 Å². The fourth-order valence-corrected chi connectivity index (χ4v) is 3.16. The minimum Gasteiger partial charge on any atom is -0.491 e. The molecule has 26 heavy (non-hydrogen) atoms. The van der Waals surface area contributed by atoms with Crippen molar-refractivity contribution in [1.29, 1.82) is 0 Å². The summed E-state index contributed by atoms with van der Waals surface area (Å²) >= 11 is 0. The van der Waals surface area contributed by atoms with Crippen LogP contribution in [0.3, 0.4) is 0 Å². The van der Waals surface area contributed by atoms with Crippen molar-refractivity contribution in [3.63, 3.8) is 0 Å². The van der Waals surface area contributed by atoms with Crippen LogP contribution in [0.25, 0.3) is 10.8 Å². The van der Waals surface area contributed by atoms with Gasteiger partial charge in [-0.2, -0.15) is 0 Å². The highest BCUT2D eigenvalue weighted by molar-refractivity contribution is 5.88. The van der Waals surface area contributed by atoms with Crippen LogP contribution in [-0.2, 0) is 14.3 Å². The van der Waals surface area contributed by atoms with E-state index >= 15 is 0 Å². The van der Waals surface area contributed by atoms with E-state index in [1.165, 1.54) is 0 Å². The first-order valence-corrected chi connectivity index (χ1v) is 8.88. The van der Waals surface area contributed by atoms with E-state index < -0.39 is 12.1 Å². The molecule has 0 N–H and O–H groups in total. The summed E-state index contributed by atoms with van der Waals surface area (Å²) in [5, 5.41) is 2.16. The second-order valence-electron chi connectivity index (χ2n) is 6.14. The minimum atomic E-state index is -0.538. The first kappa shape index (κ1) is 18.0. The third-order valence-electron chi connectivity index (χ3n) is 4.41. The van der Waals surface area contributed by atoms with E-state index in [-0.39, 0.29) is 19.3 Å². The number of amides is 1. The van der Waals surface area contributed by atoms with Crippen LogP contribution in [0, 0.1) is 0 Å². The van der Waals surface area contributed by atoms with Crippen LogP contribution < -0.4 is 4.74 Å². The average Bonchev–Trinajstić information content (AvgIpc) is 3.13. The molecule has 1 amide bonds. The summed E-state index contributed by atoms with van der Waals surface area (Å²) in [5.41, 5.74) is 0. The van der Waals surface area contributed by atoms with Gasteiger partial charge < -0.3 is 19.1 Å². The lowest BCUT2D eigenvalue weighted by molar-refractivity contribution is -0.146. The Bertz CT molecular complexity index is 770. The molecule has 6 nitrogen and oxygen atoms in total. The molecule has 1 heterocycles. The molecule has 138 valence electrons. The maximum Gasteiger partial charge on any atom is 0.410 e. The molecule has 1 unspecified atom stereocenters. The first-order chi connectivity index (χ1) is 12.7. The quantitative estimate of drug-likeness (QED) is 0.742. The summed E-state index contributed by atoms with van der Waals surface area (Å²) in [5.74, 6) is 0.262. The molecular weight excluding hydrogens is 334 g/mol. The number of carbonyl (C=O) groups is 2. The number of hydrogen-bond donors (Lipinski definition) is 0. The van der Waals surface area contributed by atoms with Crippen molar-refractivity contribution in [2.45, 2.75) is 25.8 Å². The molecule has 1 aliphatic heterocycles. The van der Waals surface area contributed by atoms with Crippen molar-refractivity contribution in [1.82, 2.24) is 4.90 Å². The van der Waals surface area contributed by atoms with E-state index in [9.17, 15) is 9.59 Å². The molecule has 1 saturated heterocycles. The van der Waals surface area contributed by atoms with E-state index in [4.69, 9.17) is 14.2 Å². The zero-order valence-corrected chi connectivity index (χ0v) is 14.8. The highest BCUT2D eigenvalue weighted by Crippen LogP contribution is 2.26. The maximum atomic E-state index is 12.2. The summed E-state index contributed by atoms with van der Waals surface area (Å²) in [6, 6.07) is 13.9. The predicted molar refractivity (Wildman–Crippen MR) is 97.2 cm³/mol. The van der Waals surface area contributed by atoms with Gasteiger partial charge in [-0.3, -0.25) is 0 Å². The van der Waals surface area contributed by atoms with E-state index in [0.29, 0.717) is 13.2 Å². The number of fused-ring (bicyclic) bond motifs is 1. The van der Waals surface area contributed by atoms with Crippen molar-refractivity contribution in [3.8, 4) is 5.75 Å². The monoisotopic (exact) mass is 357 g/mol. The van der Waals surface area contributed by atoms with Gasteiger partial charge in [-0.05, 0) is 31.2 Å². The Morgan fingerprint density at radius 1 is 1.12 bits per heavy atom. The highest BCUT2D eigenvalue weighted by atomic mass is 16.6. The van der Waals surface area contributed by atoms with Crippen LogP contribution in [-0.4, -0.2) is 49.4 Å². The molecule has 0 saturated carbocycles. The Labute approximate surface area is 152 Å². The zero-order chi connectivity index (χ0) is 18.4. The lowest BCUT2D eigenvalue weighted by Crippen LogP contribution is -2.40. The van der Waals surface area contributed by atoms with Gasteiger partial charge in [0.15, 0.2) is 6.61 Å². The maximum absolute atomic E-state index is 12.2. The van der Waals surface area contributed by atoms with E-state index in [0.717, 1.165) is 29.4 Å². The van der Waals surface area contributed by atoms with Crippen molar-refractivity contribution < 1.29 is 23.8 Å². The third-order valence-corrected chi connectivity index (χ3v) is 4.41.